The molecule has 0 atom stereocenters. The van der Waals surface area contributed by atoms with Gasteiger partial charge in [0.2, 0.25) is 5.91 Å². The number of aryl methyl sites for hydroxylation is 2. The van der Waals surface area contributed by atoms with E-state index in [9.17, 15) is 32.7 Å². The zero-order valence-corrected chi connectivity index (χ0v) is 23.4. The van der Waals surface area contributed by atoms with Crippen LogP contribution in [0, 0.1) is 13.8 Å². The van der Waals surface area contributed by atoms with Crippen LogP contribution in [-0.2, 0) is 9.59 Å². The molecule has 0 bridgehead atoms. The van der Waals surface area contributed by atoms with Crippen LogP contribution in [0.1, 0.15) is 31.8 Å². The first-order valence-electron chi connectivity index (χ1n) is 13.1. The number of carboxylic acid groups (broad SMARTS) is 2. The van der Waals surface area contributed by atoms with Crippen LogP contribution in [0.5, 0.6) is 0 Å². The Bertz CT molecular complexity index is 1490. The van der Waals surface area contributed by atoms with Crippen molar-refractivity contribution in [3.8, 4) is 0 Å². The molecule has 0 unspecified atom stereocenters. The number of carboxylic acids is 2. The first-order valence-corrected chi connectivity index (χ1v) is 13.1. The molecule has 0 radical (unpaired) electrons. The van der Waals surface area contributed by atoms with Crippen LogP contribution in [0.4, 0.5) is 30.2 Å². The number of hydrogen-bond donors (Lipinski definition) is 4. The molecule has 0 spiro atoms. The van der Waals surface area contributed by atoms with Gasteiger partial charge in [0.25, 0.3) is 5.91 Å². The summed E-state index contributed by atoms with van der Waals surface area (Å²) in [4.78, 5) is 50.1. The normalized spacial score (nSPS) is 13.4. The third-order valence-electron chi connectivity index (χ3n) is 6.40. The minimum atomic E-state index is -5.08. The lowest BCUT2D eigenvalue weighted by Gasteiger charge is -2.36. The molecule has 2 amide bonds. The summed E-state index contributed by atoms with van der Waals surface area (Å²) in [7, 11) is 0. The molecule has 4 N–H and O–H groups in total. The van der Waals surface area contributed by atoms with E-state index in [1.165, 1.54) is 6.07 Å². The monoisotopic (exact) mass is 600 g/mol. The number of nitrogens with zero attached hydrogens (tertiary/aromatic N) is 2. The zero-order chi connectivity index (χ0) is 31.7. The molecular formula is C30H31F3N4O6. The quantitative estimate of drug-likeness (QED) is 0.308. The van der Waals surface area contributed by atoms with Gasteiger partial charge in [0.15, 0.2) is 0 Å². The van der Waals surface area contributed by atoms with Crippen LogP contribution < -0.4 is 15.5 Å². The lowest BCUT2D eigenvalue weighted by atomic mass is 10.1. The number of piperazine rings is 1. The molecule has 0 aromatic heterocycles. The van der Waals surface area contributed by atoms with Crippen molar-refractivity contribution in [3.05, 3.63) is 89.0 Å². The molecule has 0 saturated carbocycles. The van der Waals surface area contributed by atoms with E-state index in [4.69, 9.17) is 9.90 Å². The summed E-state index contributed by atoms with van der Waals surface area (Å²) in [5.74, 6) is -4.18. The summed E-state index contributed by atoms with van der Waals surface area (Å²) in [6, 6.07) is 19.7. The SMILES string of the molecule is Cc1cccc(NC(=O)CN2CCN(c3ccc(C(=O)O)cc3NC(=O)c3cccc(C)c3)CC2)c1.O=C(O)C(F)(F)F. The Balaban J connectivity index is 0.000000646. The maximum Gasteiger partial charge on any atom is 0.490 e. The largest absolute Gasteiger partial charge is 0.490 e. The lowest BCUT2D eigenvalue weighted by molar-refractivity contribution is -0.192. The smallest absolute Gasteiger partial charge is 0.478 e. The number of anilines is 3. The molecule has 3 aromatic carbocycles. The van der Waals surface area contributed by atoms with Crippen molar-refractivity contribution in [3.63, 3.8) is 0 Å². The molecule has 3 aromatic rings. The van der Waals surface area contributed by atoms with Crippen LogP contribution >= 0.6 is 0 Å². The van der Waals surface area contributed by atoms with Crippen molar-refractivity contribution in [2.24, 2.45) is 0 Å². The van der Waals surface area contributed by atoms with Crippen LogP contribution in [-0.4, -0.2) is 77.8 Å². The lowest BCUT2D eigenvalue weighted by Crippen LogP contribution is -2.48. The second-order valence-electron chi connectivity index (χ2n) is 9.84. The molecule has 1 aliphatic rings. The highest BCUT2D eigenvalue weighted by atomic mass is 19.4. The van der Waals surface area contributed by atoms with Crippen LogP contribution in [0.15, 0.2) is 66.7 Å². The molecule has 1 saturated heterocycles. The summed E-state index contributed by atoms with van der Waals surface area (Å²) in [6.07, 6.45) is -5.08. The average Bonchev–Trinajstić information content (AvgIpc) is 2.93. The molecule has 1 fully saturated rings. The topological polar surface area (TPSA) is 139 Å². The summed E-state index contributed by atoms with van der Waals surface area (Å²) >= 11 is 0. The Hall–Kier alpha value is -4.91. The zero-order valence-electron chi connectivity index (χ0n) is 23.4. The van der Waals surface area contributed by atoms with Crippen molar-refractivity contribution < 1.29 is 42.6 Å². The fraction of sp³-hybridized carbons (Fsp3) is 0.267. The van der Waals surface area contributed by atoms with Gasteiger partial charge in [0, 0.05) is 37.4 Å². The maximum absolute atomic E-state index is 12.9. The van der Waals surface area contributed by atoms with Gasteiger partial charge in [-0.25, -0.2) is 9.59 Å². The van der Waals surface area contributed by atoms with Crippen molar-refractivity contribution in [1.82, 2.24) is 4.90 Å². The Labute approximate surface area is 245 Å². The first-order chi connectivity index (χ1) is 20.2. The molecule has 43 heavy (non-hydrogen) atoms. The van der Waals surface area contributed by atoms with E-state index in [1.54, 1.807) is 24.3 Å². The van der Waals surface area contributed by atoms with Gasteiger partial charge in [-0.05, 0) is 61.9 Å². The first kappa shape index (κ1) is 32.6. The number of rotatable bonds is 7. The molecule has 4 rings (SSSR count). The van der Waals surface area contributed by atoms with Crippen molar-refractivity contribution in [1.29, 1.82) is 0 Å². The van der Waals surface area contributed by atoms with Gasteiger partial charge < -0.3 is 25.7 Å². The molecular weight excluding hydrogens is 569 g/mol. The summed E-state index contributed by atoms with van der Waals surface area (Å²) in [6.45, 7) is 6.77. The second kappa shape index (κ2) is 14.3. The maximum atomic E-state index is 12.9. The Morgan fingerprint density at radius 2 is 1.40 bits per heavy atom. The van der Waals surface area contributed by atoms with Crippen LogP contribution in [0.2, 0.25) is 0 Å². The highest BCUT2D eigenvalue weighted by molar-refractivity contribution is 6.07. The van der Waals surface area contributed by atoms with E-state index >= 15 is 0 Å². The molecule has 1 heterocycles. The van der Waals surface area contributed by atoms with Crippen LogP contribution in [0.3, 0.4) is 0 Å². The highest BCUT2D eigenvalue weighted by Gasteiger charge is 2.38. The number of hydrogen-bond acceptors (Lipinski definition) is 6. The third kappa shape index (κ3) is 9.85. The van der Waals surface area contributed by atoms with E-state index < -0.39 is 18.1 Å². The number of amides is 2. The van der Waals surface area contributed by atoms with Crippen molar-refractivity contribution in [2.75, 3.05) is 48.3 Å². The average molecular weight is 601 g/mol. The van der Waals surface area contributed by atoms with E-state index in [1.807, 2.05) is 50.2 Å². The molecule has 13 heteroatoms. The van der Waals surface area contributed by atoms with E-state index in [0.717, 1.165) is 22.5 Å². The predicted octanol–water partition coefficient (Wildman–Crippen LogP) is 4.65. The summed E-state index contributed by atoms with van der Waals surface area (Å²) in [5.41, 5.74) is 4.64. The van der Waals surface area contributed by atoms with Crippen molar-refractivity contribution >= 4 is 40.8 Å². The fourth-order valence-corrected chi connectivity index (χ4v) is 4.30. The summed E-state index contributed by atoms with van der Waals surface area (Å²) in [5, 5.41) is 22.4. The predicted molar refractivity (Wildman–Crippen MR) is 155 cm³/mol. The standard InChI is InChI=1S/C28H30N4O4.C2HF3O2/c1-19-5-3-7-21(15-19)27(34)30-24-17-22(28(35)36)9-10-25(24)32-13-11-31(12-14-32)18-26(33)29-23-8-4-6-20(2)16-23;3-2(4,5)1(6)7/h3-10,15-17H,11-14,18H2,1-2H3,(H,29,33)(H,30,34)(H,35,36);(H,6,7). The number of carbonyl (C=O) groups is 4. The van der Waals surface area contributed by atoms with E-state index in [0.29, 0.717) is 37.4 Å². The van der Waals surface area contributed by atoms with Gasteiger partial charge in [-0.15, -0.1) is 0 Å². The second-order valence-corrected chi connectivity index (χ2v) is 9.84. The van der Waals surface area contributed by atoms with Crippen LogP contribution in [0.25, 0.3) is 0 Å². The van der Waals surface area contributed by atoms with Gasteiger partial charge in [-0.2, -0.15) is 13.2 Å². The summed E-state index contributed by atoms with van der Waals surface area (Å²) < 4.78 is 31.7. The fourth-order valence-electron chi connectivity index (χ4n) is 4.30. The number of benzene rings is 3. The minimum Gasteiger partial charge on any atom is -0.478 e. The minimum absolute atomic E-state index is 0.0639. The highest BCUT2D eigenvalue weighted by Crippen LogP contribution is 2.29. The molecule has 228 valence electrons. The number of nitrogens with one attached hydrogen (secondary N) is 2. The number of carbonyl (C=O) groups excluding carboxylic acids is 2. The van der Waals surface area contributed by atoms with Crippen molar-refractivity contribution in [2.45, 2.75) is 20.0 Å². The third-order valence-corrected chi connectivity index (χ3v) is 6.40. The van der Waals surface area contributed by atoms with E-state index in [2.05, 4.69) is 20.4 Å². The van der Waals surface area contributed by atoms with Gasteiger partial charge >= 0.3 is 18.1 Å². The molecule has 0 aliphatic carbocycles. The number of aromatic carboxylic acids is 1. The molecule has 1 aliphatic heterocycles. The number of aliphatic carboxylic acids is 1. The van der Waals surface area contributed by atoms with Gasteiger partial charge in [-0.1, -0.05) is 29.8 Å². The van der Waals surface area contributed by atoms with Gasteiger partial charge in [0.05, 0.1) is 23.5 Å². The van der Waals surface area contributed by atoms with Gasteiger partial charge in [-0.3, -0.25) is 14.5 Å². The Kier molecular flexibility index (Phi) is 10.9. The number of halogens is 3. The van der Waals surface area contributed by atoms with E-state index in [-0.39, 0.29) is 23.9 Å². The Morgan fingerprint density at radius 1 is 0.791 bits per heavy atom. The molecule has 10 nitrogen and oxygen atoms in total. The Morgan fingerprint density at radius 3 is 1.95 bits per heavy atom. The van der Waals surface area contributed by atoms with Gasteiger partial charge in [0.1, 0.15) is 0 Å². The number of alkyl halides is 3.